The highest BCUT2D eigenvalue weighted by molar-refractivity contribution is 7.91. The molecule has 1 saturated carbocycles. The fourth-order valence-corrected chi connectivity index (χ4v) is 6.35. The number of carbonyl (C=O) groups excluding carboxylic acids is 1. The molecular weight excluding hydrogens is 440 g/mol. The van der Waals surface area contributed by atoms with Gasteiger partial charge < -0.3 is 9.72 Å². The highest BCUT2D eigenvalue weighted by Gasteiger charge is 2.34. The lowest BCUT2D eigenvalue weighted by atomic mass is 10.1. The first-order valence-corrected chi connectivity index (χ1v) is 13.0. The summed E-state index contributed by atoms with van der Waals surface area (Å²) in [4.78, 5) is 22.7. The van der Waals surface area contributed by atoms with Gasteiger partial charge in [-0.05, 0) is 44.4 Å². The predicted octanol–water partition coefficient (Wildman–Crippen LogP) is 2.55. The number of rotatable bonds is 5. The van der Waals surface area contributed by atoms with Gasteiger partial charge in [-0.1, -0.05) is 6.07 Å². The van der Waals surface area contributed by atoms with Gasteiger partial charge in [-0.2, -0.15) is 5.10 Å². The van der Waals surface area contributed by atoms with E-state index in [1.807, 2.05) is 48.0 Å². The van der Waals surface area contributed by atoms with Crippen LogP contribution in [0.2, 0.25) is 0 Å². The van der Waals surface area contributed by atoms with Gasteiger partial charge in [-0.25, -0.2) is 23.1 Å². The average Bonchev–Trinajstić information content (AvgIpc) is 3.34. The quantitative estimate of drug-likeness (QED) is 0.486. The molecule has 0 unspecified atom stereocenters. The van der Waals surface area contributed by atoms with Gasteiger partial charge in [-0.3, -0.25) is 4.79 Å². The fourth-order valence-electron chi connectivity index (χ4n) is 4.66. The number of fused-ring (bicyclic) bond motifs is 2. The molecule has 4 aromatic rings. The zero-order valence-corrected chi connectivity index (χ0v) is 19.0. The summed E-state index contributed by atoms with van der Waals surface area (Å²) in [6.45, 7) is 2.15. The van der Waals surface area contributed by atoms with E-state index in [2.05, 4.69) is 15.4 Å². The molecule has 33 heavy (non-hydrogen) atoms. The summed E-state index contributed by atoms with van der Waals surface area (Å²) in [6, 6.07) is 7.40. The molecule has 5 heterocycles. The molecule has 6 rings (SSSR count). The SMILES string of the molecule is Cc1nn([C@@H]2CCS(=O)(=O)C2)c2nc(C3CC3)cc(C(=O)NCc3cn4ccccc4n3)c12. The highest BCUT2D eigenvalue weighted by atomic mass is 32.2. The Labute approximate surface area is 190 Å². The van der Waals surface area contributed by atoms with Crippen LogP contribution < -0.4 is 5.32 Å². The maximum absolute atomic E-state index is 13.3. The Bertz CT molecular complexity index is 1480. The van der Waals surface area contributed by atoms with Crippen molar-refractivity contribution in [2.45, 2.75) is 44.7 Å². The third kappa shape index (κ3) is 3.68. The van der Waals surface area contributed by atoms with Crippen molar-refractivity contribution in [2.75, 3.05) is 11.5 Å². The molecule has 1 amide bonds. The van der Waals surface area contributed by atoms with Gasteiger partial charge in [-0.15, -0.1) is 0 Å². The van der Waals surface area contributed by atoms with Gasteiger partial charge in [0.05, 0.1) is 46.4 Å². The van der Waals surface area contributed by atoms with Crippen molar-refractivity contribution in [1.82, 2.24) is 29.5 Å². The summed E-state index contributed by atoms with van der Waals surface area (Å²) in [5.74, 6) is 0.360. The molecule has 1 atom stereocenters. The minimum absolute atomic E-state index is 0.0635. The summed E-state index contributed by atoms with van der Waals surface area (Å²) in [7, 11) is -3.07. The molecule has 170 valence electrons. The van der Waals surface area contributed by atoms with Crippen LogP contribution in [0.15, 0.2) is 36.7 Å². The van der Waals surface area contributed by atoms with Gasteiger partial charge >= 0.3 is 0 Å². The molecule has 0 bridgehead atoms. The first-order chi connectivity index (χ1) is 15.9. The van der Waals surface area contributed by atoms with E-state index < -0.39 is 9.84 Å². The number of nitrogens with zero attached hydrogens (tertiary/aromatic N) is 5. The molecule has 10 heteroatoms. The third-order valence-corrected chi connectivity index (χ3v) is 8.25. The van der Waals surface area contributed by atoms with Gasteiger partial charge in [0, 0.05) is 24.0 Å². The number of nitrogens with one attached hydrogen (secondary N) is 1. The molecule has 1 N–H and O–H groups in total. The Morgan fingerprint density at radius 3 is 2.79 bits per heavy atom. The first-order valence-electron chi connectivity index (χ1n) is 11.2. The molecule has 2 fully saturated rings. The number of aromatic nitrogens is 5. The standard InChI is InChI=1S/C23H24N6O3S/c1-14-21-18(23(30)24-11-16-12-28-8-3-2-4-20(28)25-16)10-19(15-5-6-15)26-22(21)29(27-14)17-7-9-33(31,32)13-17/h2-4,8,10,12,15,17H,5-7,9,11,13H2,1H3,(H,24,30)/t17-/m1/s1. The summed E-state index contributed by atoms with van der Waals surface area (Å²) in [5.41, 5.74) is 4.30. The van der Waals surface area contributed by atoms with Crippen LogP contribution in [0.1, 0.15) is 58.7 Å². The van der Waals surface area contributed by atoms with Crippen molar-refractivity contribution >= 4 is 32.4 Å². The van der Waals surface area contributed by atoms with Gasteiger partial charge in [0.1, 0.15) is 5.65 Å². The van der Waals surface area contributed by atoms with Gasteiger partial charge in [0.25, 0.3) is 5.91 Å². The topological polar surface area (TPSA) is 111 Å². The maximum atomic E-state index is 13.3. The summed E-state index contributed by atoms with van der Waals surface area (Å²) in [5, 5.41) is 8.33. The predicted molar refractivity (Wildman–Crippen MR) is 123 cm³/mol. The largest absolute Gasteiger partial charge is 0.346 e. The number of hydrogen-bond acceptors (Lipinski definition) is 6. The van der Waals surface area contributed by atoms with Crippen molar-refractivity contribution in [1.29, 1.82) is 0 Å². The minimum Gasteiger partial charge on any atom is -0.346 e. The molecule has 1 aliphatic carbocycles. The molecule has 0 aromatic carbocycles. The number of imidazole rings is 1. The highest BCUT2D eigenvalue weighted by Crippen LogP contribution is 2.41. The summed E-state index contributed by atoms with van der Waals surface area (Å²) >= 11 is 0. The van der Waals surface area contributed by atoms with E-state index in [4.69, 9.17) is 4.98 Å². The van der Waals surface area contributed by atoms with Crippen LogP contribution in [0.25, 0.3) is 16.7 Å². The maximum Gasteiger partial charge on any atom is 0.252 e. The fraction of sp³-hybridized carbons (Fsp3) is 0.391. The molecular formula is C23H24N6O3S. The van der Waals surface area contributed by atoms with Gasteiger partial charge in [0.2, 0.25) is 0 Å². The molecule has 1 aliphatic heterocycles. The van der Waals surface area contributed by atoms with Crippen molar-refractivity contribution in [3.8, 4) is 0 Å². The van der Waals surface area contributed by atoms with E-state index in [-0.39, 0.29) is 23.5 Å². The molecule has 0 radical (unpaired) electrons. The Balaban J connectivity index is 1.36. The van der Waals surface area contributed by atoms with Gasteiger partial charge in [0.15, 0.2) is 15.5 Å². The zero-order valence-electron chi connectivity index (χ0n) is 18.2. The lowest BCUT2D eigenvalue weighted by Gasteiger charge is -2.12. The Kier molecular flexibility index (Phi) is 4.55. The van der Waals surface area contributed by atoms with E-state index in [9.17, 15) is 13.2 Å². The van der Waals surface area contributed by atoms with Crippen molar-refractivity contribution < 1.29 is 13.2 Å². The van der Waals surface area contributed by atoms with Crippen molar-refractivity contribution in [3.05, 3.63) is 59.3 Å². The lowest BCUT2D eigenvalue weighted by Crippen LogP contribution is -2.23. The third-order valence-electron chi connectivity index (χ3n) is 6.50. The summed E-state index contributed by atoms with van der Waals surface area (Å²) < 4.78 is 27.8. The number of aryl methyl sites for hydroxylation is 1. The summed E-state index contributed by atoms with van der Waals surface area (Å²) in [6.07, 6.45) is 6.43. The Morgan fingerprint density at radius 1 is 1.21 bits per heavy atom. The molecule has 0 spiro atoms. The van der Waals surface area contributed by atoms with Crippen LogP contribution in [0.4, 0.5) is 0 Å². The van der Waals surface area contributed by atoms with Crippen molar-refractivity contribution in [2.24, 2.45) is 0 Å². The second-order valence-corrected chi connectivity index (χ2v) is 11.3. The minimum atomic E-state index is -3.07. The monoisotopic (exact) mass is 464 g/mol. The molecule has 1 saturated heterocycles. The van der Waals surface area contributed by atoms with Crippen LogP contribution >= 0.6 is 0 Å². The molecule has 9 nitrogen and oxygen atoms in total. The van der Waals surface area contributed by atoms with Crippen LogP contribution in [-0.4, -0.2) is 50.0 Å². The molecule has 2 aliphatic rings. The van der Waals surface area contributed by atoms with E-state index >= 15 is 0 Å². The zero-order chi connectivity index (χ0) is 22.7. The van der Waals surface area contributed by atoms with E-state index in [0.717, 1.165) is 29.9 Å². The first kappa shape index (κ1) is 20.3. The van der Waals surface area contributed by atoms with E-state index in [1.165, 1.54) is 0 Å². The number of pyridine rings is 2. The number of sulfone groups is 1. The average molecular weight is 465 g/mol. The Morgan fingerprint density at radius 2 is 2.06 bits per heavy atom. The van der Waals surface area contributed by atoms with Crippen LogP contribution in [0.5, 0.6) is 0 Å². The molecule has 4 aromatic heterocycles. The Hall–Kier alpha value is -3.27. The van der Waals surface area contributed by atoms with Crippen LogP contribution in [-0.2, 0) is 16.4 Å². The van der Waals surface area contributed by atoms with E-state index in [0.29, 0.717) is 41.2 Å². The number of hydrogen-bond donors (Lipinski definition) is 1. The second-order valence-electron chi connectivity index (χ2n) is 9.04. The number of carbonyl (C=O) groups is 1. The number of amides is 1. The van der Waals surface area contributed by atoms with Crippen LogP contribution in [0, 0.1) is 6.92 Å². The van der Waals surface area contributed by atoms with Crippen molar-refractivity contribution in [3.63, 3.8) is 0 Å². The van der Waals surface area contributed by atoms with E-state index in [1.54, 1.807) is 4.68 Å². The smallest absolute Gasteiger partial charge is 0.252 e. The normalized spacial score (nSPS) is 20.0. The second kappa shape index (κ2) is 7.38. The van der Waals surface area contributed by atoms with Crippen LogP contribution in [0.3, 0.4) is 0 Å². The lowest BCUT2D eigenvalue weighted by molar-refractivity contribution is 0.0952.